The molecule has 1 amide bonds. The van der Waals surface area contributed by atoms with Crippen LogP contribution in [-0.4, -0.2) is 38.2 Å². The third-order valence-corrected chi connectivity index (χ3v) is 4.35. The second kappa shape index (κ2) is 5.14. The van der Waals surface area contributed by atoms with Gasteiger partial charge in [-0.25, -0.2) is 13.2 Å². The summed E-state index contributed by atoms with van der Waals surface area (Å²) in [6.45, 7) is 5.37. The number of alkyl carbamates (subject to hydrolysis) is 1. The van der Waals surface area contributed by atoms with E-state index in [-0.39, 0.29) is 24.0 Å². The van der Waals surface area contributed by atoms with E-state index < -0.39 is 27.4 Å². The molecule has 0 saturated carbocycles. The number of nitrogens with one attached hydrogen (secondary N) is 1. The van der Waals surface area contributed by atoms with Crippen LogP contribution < -0.4 is 5.32 Å². The van der Waals surface area contributed by atoms with Crippen LogP contribution in [-0.2, 0) is 14.6 Å². The Morgan fingerprint density at radius 2 is 2.06 bits per heavy atom. The maximum absolute atomic E-state index is 11.4. The van der Waals surface area contributed by atoms with E-state index in [1.54, 1.807) is 20.8 Å². The predicted molar refractivity (Wildman–Crippen MR) is 65.5 cm³/mol. The molecule has 102 valence electrons. The van der Waals surface area contributed by atoms with Gasteiger partial charge >= 0.3 is 6.09 Å². The Hall–Kier alpha value is -1.29. The van der Waals surface area contributed by atoms with Gasteiger partial charge in [-0.1, -0.05) is 0 Å². The number of sulfone groups is 1. The zero-order chi connectivity index (χ0) is 14.0. The molecule has 0 bridgehead atoms. The average molecular weight is 274 g/mol. The Morgan fingerprint density at radius 1 is 1.44 bits per heavy atom. The first-order chi connectivity index (χ1) is 8.13. The van der Waals surface area contributed by atoms with Crippen LogP contribution in [0.25, 0.3) is 0 Å². The fourth-order valence-corrected chi connectivity index (χ4v) is 3.82. The second-order valence-electron chi connectivity index (χ2n) is 5.46. The van der Waals surface area contributed by atoms with Crippen molar-refractivity contribution < 1.29 is 17.9 Å². The lowest BCUT2D eigenvalue weighted by atomic mass is 9.98. The largest absolute Gasteiger partial charge is 0.444 e. The summed E-state index contributed by atoms with van der Waals surface area (Å²) in [5.41, 5.74) is -0.597. The van der Waals surface area contributed by atoms with Crippen LogP contribution in [0.15, 0.2) is 0 Å². The van der Waals surface area contributed by atoms with Gasteiger partial charge in [0.2, 0.25) is 0 Å². The number of carbonyl (C=O) groups is 1. The zero-order valence-corrected chi connectivity index (χ0v) is 11.6. The van der Waals surface area contributed by atoms with Crippen molar-refractivity contribution in [3.05, 3.63) is 0 Å². The van der Waals surface area contributed by atoms with Crippen LogP contribution in [0.2, 0.25) is 0 Å². The molecule has 1 fully saturated rings. The highest BCUT2D eigenvalue weighted by molar-refractivity contribution is 7.91. The van der Waals surface area contributed by atoms with Gasteiger partial charge in [0, 0.05) is 12.5 Å². The molecule has 1 rings (SSSR count). The molecule has 18 heavy (non-hydrogen) atoms. The minimum atomic E-state index is -3.15. The van der Waals surface area contributed by atoms with Crippen molar-refractivity contribution in [2.24, 2.45) is 11.8 Å². The van der Waals surface area contributed by atoms with E-state index in [9.17, 15) is 13.2 Å². The van der Waals surface area contributed by atoms with E-state index in [0.717, 1.165) is 0 Å². The molecule has 0 radical (unpaired) electrons. The molecular formula is C11H18N2O4S. The molecule has 1 N–H and O–H groups in total. The molecule has 6 nitrogen and oxygen atoms in total. The molecule has 1 heterocycles. The molecule has 1 aliphatic rings. The van der Waals surface area contributed by atoms with Crippen molar-refractivity contribution in [1.82, 2.24) is 5.32 Å². The highest BCUT2D eigenvalue weighted by Crippen LogP contribution is 2.24. The zero-order valence-electron chi connectivity index (χ0n) is 10.8. The molecule has 0 aromatic carbocycles. The number of nitrogens with zero attached hydrogens (tertiary/aromatic N) is 1. The average Bonchev–Trinajstić information content (AvgIpc) is 2.47. The maximum Gasteiger partial charge on any atom is 0.407 e. The van der Waals surface area contributed by atoms with Crippen LogP contribution in [0.4, 0.5) is 4.79 Å². The number of carbonyl (C=O) groups excluding carboxylic acids is 1. The first-order valence-corrected chi connectivity index (χ1v) is 7.52. The highest BCUT2D eigenvalue weighted by atomic mass is 32.2. The molecule has 0 spiro atoms. The first-order valence-electron chi connectivity index (χ1n) is 5.70. The first kappa shape index (κ1) is 14.8. The lowest BCUT2D eigenvalue weighted by Gasteiger charge is -2.20. The van der Waals surface area contributed by atoms with Gasteiger partial charge in [0.05, 0.1) is 23.5 Å². The molecule has 0 aromatic rings. The molecule has 0 unspecified atom stereocenters. The molecule has 2 atom stereocenters. The third-order valence-electron chi connectivity index (χ3n) is 2.54. The van der Waals surface area contributed by atoms with Crippen LogP contribution >= 0.6 is 0 Å². The fourth-order valence-electron chi connectivity index (χ4n) is 1.79. The van der Waals surface area contributed by atoms with E-state index in [0.29, 0.717) is 0 Å². The summed E-state index contributed by atoms with van der Waals surface area (Å²) >= 11 is 0. The van der Waals surface area contributed by atoms with Crippen molar-refractivity contribution in [3.8, 4) is 6.07 Å². The Morgan fingerprint density at radius 3 is 2.56 bits per heavy atom. The van der Waals surface area contributed by atoms with Crippen molar-refractivity contribution in [3.63, 3.8) is 0 Å². The summed E-state index contributed by atoms with van der Waals surface area (Å²) in [7, 11) is -3.15. The minimum absolute atomic E-state index is 0.0545. The summed E-state index contributed by atoms with van der Waals surface area (Å²) in [4.78, 5) is 11.4. The molecule has 0 aliphatic carbocycles. The lowest BCUT2D eigenvalue weighted by Crippen LogP contribution is -2.36. The smallest absolute Gasteiger partial charge is 0.407 e. The summed E-state index contributed by atoms with van der Waals surface area (Å²) in [6, 6.07) is 1.97. The van der Waals surface area contributed by atoms with Crippen molar-refractivity contribution >= 4 is 15.9 Å². The van der Waals surface area contributed by atoms with Crippen LogP contribution in [0, 0.1) is 23.2 Å². The number of hydrogen-bond acceptors (Lipinski definition) is 5. The number of nitriles is 1. The summed E-state index contributed by atoms with van der Waals surface area (Å²) < 4.78 is 27.8. The van der Waals surface area contributed by atoms with Crippen molar-refractivity contribution in [1.29, 1.82) is 5.26 Å². The van der Waals surface area contributed by atoms with Gasteiger partial charge in [0.25, 0.3) is 0 Å². The van der Waals surface area contributed by atoms with E-state index in [1.165, 1.54) is 0 Å². The van der Waals surface area contributed by atoms with Crippen molar-refractivity contribution in [2.75, 3.05) is 18.1 Å². The van der Waals surface area contributed by atoms with Gasteiger partial charge in [-0.2, -0.15) is 5.26 Å². The molecule has 1 aliphatic heterocycles. The molecule has 0 aromatic heterocycles. The summed E-state index contributed by atoms with van der Waals surface area (Å²) in [6.07, 6.45) is -0.594. The van der Waals surface area contributed by atoms with Crippen LogP contribution in [0.5, 0.6) is 0 Å². The Kier molecular flexibility index (Phi) is 4.22. The normalized spacial score (nSPS) is 26.3. The minimum Gasteiger partial charge on any atom is -0.444 e. The fraction of sp³-hybridized carbons (Fsp3) is 0.818. The number of amides is 1. The molecule has 1 saturated heterocycles. The number of hydrogen-bond donors (Lipinski definition) is 1. The summed E-state index contributed by atoms with van der Waals surface area (Å²) in [5, 5.41) is 11.4. The lowest BCUT2D eigenvalue weighted by molar-refractivity contribution is 0.0519. The Balaban J connectivity index is 2.49. The van der Waals surface area contributed by atoms with Gasteiger partial charge in [0.1, 0.15) is 5.60 Å². The summed E-state index contributed by atoms with van der Waals surface area (Å²) in [5.74, 6) is -1.08. The van der Waals surface area contributed by atoms with E-state index >= 15 is 0 Å². The Labute approximate surface area is 107 Å². The van der Waals surface area contributed by atoms with E-state index in [2.05, 4.69) is 5.32 Å². The van der Waals surface area contributed by atoms with Gasteiger partial charge in [-0.05, 0) is 20.8 Å². The molecule has 7 heteroatoms. The third kappa shape index (κ3) is 4.53. The van der Waals surface area contributed by atoms with Crippen molar-refractivity contribution in [2.45, 2.75) is 26.4 Å². The standard InChI is InChI=1S/C11H18N2O4S/c1-11(2,3)17-10(14)13-5-9-7-18(15,16)6-8(9)4-12/h8-9H,5-7H2,1-3H3,(H,13,14)/t8-,9-/m1/s1. The number of rotatable bonds is 2. The second-order valence-corrected chi connectivity index (χ2v) is 7.61. The Bertz CT molecular complexity index is 458. The van der Waals surface area contributed by atoms with E-state index in [4.69, 9.17) is 10.00 Å². The monoisotopic (exact) mass is 274 g/mol. The topological polar surface area (TPSA) is 96.3 Å². The molecular weight excluding hydrogens is 256 g/mol. The quantitative estimate of drug-likeness (QED) is 0.799. The van der Waals surface area contributed by atoms with Crippen LogP contribution in [0.3, 0.4) is 0 Å². The number of ether oxygens (including phenoxy) is 1. The predicted octanol–water partition coefficient (Wildman–Crippen LogP) is 0.695. The SMILES string of the molecule is CC(C)(C)OC(=O)NC[C@@H]1CS(=O)(=O)C[C@H]1C#N. The highest BCUT2D eigenvalue weighted by Gasteiger charge is 2.37. The van der Waals surface area contributed by atoms with E-state index in [1.807, 2.05) is 6.07 Å². The van der Waals surface area contributed by atoms with Gasteiger partial charge in [-0.15, -0.1) is 0 Å². The van der Waals surface area contributed by atoms with Gasteiger partial charge < -0.3 is 10.1 Å². The van der Waals surface area contributed by atoms with Gasteiger partial charge in [0.15, 0.2) is 9.84 Å². The van der Waals surface area contributed by atoms with Gasteiger partial charge in [-0.3, -0.25) is 0 Å². The maximum atomic E-state index is 11.4. The van der Waals surface area contributed by atoms with Crippen LogP contribution in [0.1, 0.15) is 20.8 Å².